The summed E-state index contributed by atoms with van der Waals surface area (Å²) in [5.41, 5.74) is 4.40. The van der Waals surface area contributed by atoms with E-state index in [9.17, 15) is 0 Å². The molecule has 1 saturated heterocycles. The lowest BCUT2D eigenvalue weighted by Crippen LogP contribution is -2.18. The minimum Gasteiger partial charge on any atom is -0.316 e. The van der Waals surface area contributed by atoms with Gasteiger partial charge in [-0.2, -0.15) is 5.10 Å². The highest BCUT2D eigenvalue weighted by Crippen LogP contribution is 2.31. The molecule has 27 heavy (non-hydrogen) atoms. The first-order valence-corrected chi connectivity index (χ1v) is 10.00. The normalized spacial score (nSPS) is 14.8. The number of likely N-dealkylation sites (tertiary alicyclic amines) is 1. The fourth-order valence-electron chi connectivity index (χ4n) is 3.51. The highest BCUT2D eigenvalue weighted by Gasteiger charge is 2.12. The van der Waals surface area contributed by atoms with E-state index in [4.69, 9.17) is 4.98 Å². The van der Waals surface area contributed by atoms with E-state index in [1.165, 1.54) is 31.5 Å². The van der Waals surface area contributed by atoms with Crippen molar-refractivity contribution in [2.45, 2.75) is 19.4 Å². The number of benzene rings is 1. The smallest absolute Gasteiger partial charge is 0.189 e. The van der Waals surface area contributed by atoms with Crippen molar-refractivity contribution < 1.29 is 0 Å². The van der Waals surface area contributed by atoms with Crippen molar-refractivity contribution in [3.05, 3.63) is 54.4 Å². The van der Waals surface area contributed by atoms with Gasteiger partial charge in [-0.25, -0.2) is 9.97 Å². The number of H-pyrrole nitrogens is 1. The molecule has 0 aliphatic carbocycles. The molecule has 0 bridgehead atoms. The van der Waals surface area contributed by atoms with Gasteiger partial charge in [0, 0.05) is 24.5 Å². The van der Waals surface area contributed by atoms with Crippen LogP contribution < -0.4 is 5.32 Å². The van der Waals surface area contributed by atoms with E-state index in [0.29, 0.717) is 0 Å². The monoisotopic (exact) mass is 376 g/mol. The molecule has 136 valence electrons. The Balaban J connectivity index is 1.36. The predicted molar refractivity (Wildman–Crippen MR) is 109 cm³/mol. The zero-order chi connectivity index (χ0) is 18.1. The first kappa shape index (κ1) is 16.4. The van der Waals surface area contributed by atoms with Crippen molar-refractivity contribution in [2.75, 3.05) is 18.4 Å². The zero-order valence-corrected chi connectivity index (χ0v) is 15.7. The number of thiazole rings is 1. The van der Waals surface area contributed by atoms with Crippen LogP contribution in [0.4, 0.5) is 10.9 Å². The summed E-state index contributed by atoms with van der Waals surface area (Å²) in [6.45, 7) is 3.38. The zero-order valence-electron chi connectivity index (χ0n) is 14.9. The van der Waals surface area contributed by atoms with Gasteiger partial charge in [-0.05, 0) is 61.8 Å². The van der Waals surface area contributed by atoms with Gasteiger partial charge in [0.25, 0.3) is 0 Å². The molecule has 1 aliphatic heterocycles. The highest BCUT2D eigenvalue weighted by atomic mass is 32.1. The third-order valence-electron chi connectivity index (χ3n) is 4.86. The van der Waals surface area contributed by atoms with Crippen LogP contribution in [0.5, 0.6) is 0 Å². The summed E-state index contributed by atoms with van der Waals surface area (Å²) in [6.07, 6.45) is 6.25. The number of hydrogen-bond acceptors (Lipinski definition) is 6. The lowest BCUT2D eigenvalue weighted by Gasteiger charge is -2.14. The van der Waals surface area contributed by atoms with Gasteiger partial charge >= 0.3 is 0 Å². The molecule has 1 fully saturated rings. The summed E-state index contributed by atoms with van der Waals surface area (Å²) in [5, 5.41) is 11.3. The molecule has 0 unspecified atom stereocenters. The summed E-state index contributed by atoms with van der Waals surface area (Å²) in [6, 6.07) is 12.4. The lowest BCUT2D eigenvalue weighted by atomic mass is 10.1. The molecule has 4 aromatic rings. The molecule has 5 rings (SSSR count). The fraction of sp³-hybridized carbons (Fsp3) is 0.250. The topological polar surface area (TPSA) is 69.7 Å². The number of nitrogens with zero attached hydrogens (tertiary/aromatic N) is 4. The third kappa shape index (κ3) is 3.56. The van der Waals surface area contributed by atoms with Gasteiger partial charge in [-0.1, -0.05) is 17.4 Å². The molecule has 0 atom stereocenters. The van der Waals surface area contributed by atoms with Crippen LogP contribution in [0.25, 0.3) is 21.5 Å². The van der Waals surface area contributed by atoms with Crippen molar-refractivity contribution in [1.29, 1.82) is 0 Å². The van der Waals surface area contributed by atoms with Crippen molar-refractivity contribution >= 4 is 32.5 Å². The number of aromatic nitrogens is 4. The Labute approximate surface area is 161 Å². The van der Waals surface area contributed by atoms with E-state index in [1.54, 1.807) is 17.5 Å². The average Bonchev–Trinajstić information content (AvgIpc) is 3.43. The molecule has 0 saturated carbocycles. The molecule has 1 aromatic carbocycles. The molecule has 1 aliphatic rings. The van der Waals surface area contributed by atoms with E-state index in [0.717, 1.165) is 39.0 Å². The van der Waals surface area contributed by atoms with Gasteiger partial charge in [0.05, 0.1) is 15.9 Å². The summed E-state index contributed by atoms with van der Waals surface area (Å²) in [7, 11) is 0. The third-order valence-corrected chi connectivity index (χ3v) is 5.80. The maximum atomic E-state index is 4.69. The first-order valence-electron chi connectivity index (χ1n) is 9.18. The Bertz CT molecular complexity index is 1050. The van der Waals surface area contributed by atoms with Crippen LogP contribution in [0.2, 0.25) is 0 Å². The molecule has 2 N–H and O–H groups in total. The van der Waals surface area contributed by atoms with Crippen LogP contribution in [0.1, 0.15) is 18.4 Å². The number of anilines is 2. The summed E-state index contributed by atoms with van der Waals surface area (Å²) < 4.78 is 1.14. The fourth-order valence-corrected chi connectivity index (χ4v) is 4.42. The van der Waals surface area contributed by atoms with E-state index >= 15 is 0 Å². The molecular weight excluding hydrogens is 356 g/mol. The minimum absolute atomic E-state index is 0.847. The molecule has 0 spiro atoms. The highest BCUT2D eigenvalue weighted by molar-refractivity contribution is 7.22. The van der Waals surface area contributed by atoms with Crippen LogP contribution in [0.15, 0.2) is 48.8 Å². The number of hydrogen-bond donors (Lipinski definition) is 2. The van der Waals surface area contributed by atoms with Crippen molar-refractivity contribution in [2.24, 2.45) is 0 Å². The standard InChI is InChI=1S/C20H20N6S/c1-2-10-26(9-1)13-14-5-7-21-19(11-14)24-20-23-17-4-3-15(12-18(17)27-20)16-6-8-22-25-16/h3-8,11-12H,1-2,9-10,13H2,(H,22,25)(H,21,23,24). The van der Waals surface area contributed by atoms with Crippen molar-refractivity contribution in [3.8, 4) is 11.3 Å². The Morgan fingerprint density at radius 1 is 1.07 bits per heavy atom. The van der Waals surface area contributed by atoms with Crippen LogP contribution in [-0.2, 0) is 6.54 Å². The first-order chi connectivity index (χ1) is 13.3. The average molecular weight is 376 g/mol. The molecule has 4 heterocycles. The van der Waals surface area contributed by atoms with Gasteiger partial charge in [-0.15, -0.1) is 0 Å². The Hall–Kier alpha value is -2.77. The second kappa shape index (κ2) is 7.09. The number of aromatic amines is 1. The van der Waals surface area contributed by atoms with E-state index in [-0.39, 0.29) is 0 Å². The van der Waals surface area contributed by atoms with Crippen LogP contribution in [0.3, 0.4) is 0 Å². The number of fused-ring (bicyclic) bond motifs is 1. The molecular formula is C20H20N6S. The second-order valence-corrected chi connectivity index (χ2v) is 7.86. The molecule has 7 heteroatoms. The molecule has 6 nitrogen and oxygen atoms in total. The van der Waals surface area contributed by atoms with Gasteiger partial charge in [0.1, 0.15) is 5.82 Å². The number of nitrogens with one attached hydrogen (secondary N) is 2. The van der Waals surface area contributed by atoms with Crippen LogP contribution in [0, 0.1) is 0 Å². The summed E-state index contributed by atoms with van der Waals surface area (Å²) >= 11 is 1.64. The van der Waals surface area contributed by atoms with Crippen molar-refractivity contribution in [3.63, 3.8) is 0 Å². The maximum absolute atomic E-state index is 4.69. The van der Waals surface area contributed by atoms with E-state index in [1.807, 2.05) is 18.3 Å². The van der Waals surface area contributed by atoms with Crippen molar-refractivity contribution in [1.82, 2.24) is 25.1 Å². The van der Waals surface area contributed by atoms with E-state index < -0.39 is 0 Å². The summed E-state index contributed by atoms with van der Waals surface area (Å²) in [5.74, 6) is 0.847. The van der Waals surface area contributed by atoms with Gasteiger partial charge in [0.2, 0.25) is 0 Å². The number of pyridine rings is 1. The van der Waals surface area contributed by atoms with Crippen LogP contribution in [-0.4, -0.2) is 38.2 Å². The largest absolute Gasteiger partial charge is 0.316 e. The molecule has 0 radical (unpaired) electrons. The van der Waals surface area contributed by atoms with Gasteiger partial charge in [0.15, 0.2) is 5.13 Å². The summed E-state index contributed by atoms with van der Waals surface area (Å²) in [4.78, 5) is 11.6. The predicted octanol–water partition coefficient (Wildman–Crippen LogP) is 4.42. The molecule has 3 aromatic heterocycles. The molecule has 0 amide bonds. The quantitative estimate of drug-likeness (QED) is 0.539. The van der Waals surface area contributed by atoms with E-state index in [2.05, 4.69) is 49.7 Å². The lowest BCUT2D eigenvalue weighted by molar-refractivity contribution is 0.331. The van der Waals surface area contributed by atoms with Gasteiger partial charge < -0.3 is 5.32 Å². The SMILES string of the molecule is c1cc(-c2ccc3nc(Nc4cc(CN5CCCC5)ccn4)sc3c2)[nH]n1. The Morgan fingerprint density at radius 3 is 2.85 bits per heavy atom. The van der Waals surface area contributed by atoms with Gasteiger partial charge in [-0.3, -0.25) is 10.00 Å². The Kier molecular flexibility index (Phi) is 4.31. The number of rotatable bonds is 5. The second-order valence-electron chi connectivity index (χ2n) is 6.83. The van der Waals surface area contributed by atoms with Crippen LogP contribution >= 0.6 is 11.3 Å². The Morgan fingerprint density at radius 2 is 2.00 bits per heavy atom. The minimum atomic E-state index is 0.847. The maximum Gasteiger partial charge on any atom is 0.189 e.